The highest BCUT2D eigenvalue weighted by Gasteiger charge is 2.13. The Balaban J connectivity index is 2.53. The second-order valence-corrected chi connectivity index (χ2v) is 5.93. The molecule has 0 bridgehead atoms. The summed E-state index contributed by atoms with van der Waals surface area (Å²) in [5, 5.41) is 4.62. The average molecular weight is 299 g/mol. The molecule has 0 heterocycles. The lowest BCUT2D eigenvalue weighted by Gasteiger charge is -2.10. The van der Waals surface area contributed by atoms with Gasteiger partial charge >= 0.3 is 0 Å². The van der Waals surface area contributed by atoms with E-state index in [0.29, 0.717) is 5.02 Å². The Bertz CT molecular complexity index is 439. The van der Waals surface area contributed by atoms with E-state index in [2.05, 4.69) is 10.5 Å². The maximum Gasteiger partial charge on any atom is 0.253 e. The van der Waals surface area contributed by atoms with Gasteiger partial charge in [-0.05, 0) is 44.0 Å². The minimum absolute atomic E-state index is 0.0839. The first-order chi connectivity index (χ1) is 9.06. The molecule has 0 fully saturated rings. The molecular weight excluding hydrogens is 280 g/mol. The van der Waals surface area contributed by atoms with Crippen molar-refractivity contribution in [3.63, 3.8) is 0 Å². The van der Waals surface area contributed by atoms with E-state index in [9.17, 15) is 4.79 Å². The highest BCUT2D eigenvalue weighted by atomic mass is 35.5. The van der Waals surface area contributed by atoms with Gasteiger partial charge in [0.2, 0.25) is 0 Å². The van der Waals surface area contributed by atoms with E-state index in [-0.39, 0.29) is 11.2 Å². The Morgan fingerprint density at radius 3 is 2.42 bits per heavy atom. The molecule has 0 saturated heterocycles. The zero-order valence-electron chi connectivity index (χ0n) is 11.4. The van der Waals surface area contributed by atoms with E-state index in [1.165, 1.54) is 11.8 Å². The largest absolute Gasteiger partial charge is 0.272 e. The minimum atomic E-state index is -0.195. The molecule has 5 heteroatoms. The van der Waals surface area contributed by atoms with Crippen LogP contribution in [0.5, 0.6) is 0 Å². The molecule has 0 spiro atoms. The second-order valence-electron chi connectivity index (χ2n) is 4.08. The van der Waals surface area contributed by atoms with Crippen LogP contribution >= 0.6 is 23.4 Å². The summed E-state index contributed by atoms with van der Waals surface area (Å²) in [6.45, 7) is 5.92. The van der Waals surface area contributed by atoms with Crippen LogP contribution in [0.15, 0.2) is 34.3 Å². The average Bonchev–Trinajstić information content (AvgIpc) is 2.42. The van der Waals surface area contributed by atoms with Gasteiger partial charge in [-0.1, -0.05) is 25.4 Å². The maximum atomic E-state index is 11.9. The molecule has 1 aromatic carbocycles. The van der Waals surface area contributed by atoms with Crippen LogP contribution in [0, 0.1) is 0 Å². The number of hydrazone groups is 1. The van der Waals surface area contributed by atoms with Crippen molar-refractivity contribution < 1.29 is 4.79 Å². The number of thioether (sulfide) groups is 1. The summed E-state index contributed by atoms with van der Waals surface area (Å²) in [6, 6.07) is 7.45. The standard InChI is InChI=1S/C14H19ClN2OS/c1-4-12(5-2)16-17-14(18)10(3)19-13-8-6-11(15)7-9-13/h6-10H,4-5H2,1-3H3,(H,17,18). The van der Waals surface area contributed by atoms with Crippen molar-refractivity contribution in [3.05, 3.63) is 29.3 Å². The third-order valence-corrected chi connectivity index (χ3v) is 4.00. The molecular formula is C14H19ClN2OS. The lowest BCUT2D eigenvalue weighted by Crippen LogP contribution is -2.27. The summed E-state index contributed by atoms with van der Waals surface area (Å²) in [5.41, 5.74) is 3.62. The van der Waals surface area contributed by atoms with E-state index in [1.54, 1.807) is 0 Å². The smallest absolute Gasteiger partial charge is 0.253 e. The van der Waals surface area contributed by atoms with Crippen molar-refractivity contribution in [3.8, 4) is 0 Å². The summed E-state index contributed by atoms with van der Waals surface area (Å²) in [5.74, 6) is -0.0839. The molecule has 0 aliphatic heterocycles. The zero-order valence-corrected chi connectivity index (χ0v) is 13.0. The lowest BCUT2D eigenvalue weighted by molar-refractivity contribution is -0.120. The molecule has 104 valence electrons. The van der Waals surface area contributed by atoms with Gasteiger partial charge in [0, 0.05) is 15.6 Å². The fourth-order valence-corrected chi connectivity index (χ4v) is 2.39. The highest BCUT2D eigenvalue weighted by Crippen LogP contribution is 2.24. The number of nitrogens with zero attached hydrogens (tertiary/aromatic N) is 1. The topological polar surface area (TPSA) is 41.5 Å². The van der Waals surface area contributed by atoms with Crippen molar-refractivity contribution in [2.75, 3.05) is 0 Å². The first-order valence-corrected chi connectivity index (χ1v) is 7.60. The number of amides is 1. The Morgan fingerprint density at radius 1 is 1.32 bits per heavy atom. The Morgan fingerprint density at radius 2 is 1.89 bits per heavy atom. The van der Waals surface area contributed by atoms with Gasteiger partial charge < -0.3 is 0 Å². The number of rotatable bonds is 6. The van der Waals surface area contributed by atoms with Gasteiger partial charge in [-0.15, -0.1) is 11.8 Å². The first-order valence-electron chi connectivity index (χ1n) is 6.34. The van der Waals surface area contributed by atoms with Gasteiger partial charge in [0.1, 0.15) is 0 Å². The SMILES string of the molecule is CCC(CC)=NNC(=O)C(C)Sc1ccc(Cl)cc1. The Kier molecular flexibility index (Phi) is 6.95. The lowest BCUT2D eigenvalue weighted by atomic mass is 10.2. The van der Waals surface area contributed by atoms with Gasteiger partial charge in [-0.2, -0.15) is 5.10 Å². The molecule has 0 radical (unpaired) electrons. The van der Waals surface area contributed by atoms with Crippen LogP contribution in [0.4, 0.5) is 0 Å². The number of carbonyl (C=O) groups is 1. The fourth-order valence-electron chi connectivity index (χ4n) is 1.40. The Labute approximate surface area is 123 Å². The monoisotopic (exact) mass is 298 g/mol. The van der Waals surface area contributed by atoms with E-state index in [4.69, 9.17) is 11.6 Å². The molecule has 1 amide bonds. The number of hydrogen-bond donors (Lipinski definition) is 1. The first kappa shape index (κ1) is 16.1. The van der Waals surface area contributed by atoms with Crippen LogP contribution in [0.3, 0.4) is 0 Å². The van der Waals surface area contributed by atoms with Crippen molar-refractivity contribution in [2.24, 2.45) is 5.10 Å². The van der Waals surface area contributed by atoms with Crippen LogP contribution in [-0.2, 0) is 4.79 Å². The number of nitrogens with one attached hydrogen (secondary N) is 1. The summed E-state index contributed by atoms with van der Waals surface area (Å²) >= 11 is 7.31. The normalized spacial score (nSPS) is 11.8. The quantitative estimate of drug-likeness (QED) is 0.488. The third-order valence-electron chi connectivity index (χ3n) is 2.64. The van der Waals surface area contributed by atoms with Crippen molar-refractivity contribution in [1.29, 1.82) is 0 Å². The summed E-state index contributed by atoms with van der Waals surface area (Å²) in [7, 11) is 0. The molecule has 3 nitrogen and oxygen atoms in total. The van der Waals surface area contributed by atoms with Crippen molar-refractivity contribution in [2.45, 2.75) is 43.8 Å². The summed E-state index contributed by atoms with van der Waals surface area (Å²) in [6.07, 6.45) is 1.71. The number of halogens is 1. The minimum Gasteiger partial charge on any atom is -0.272 e. The molecule has 0 aliphatic rings. The van der Waals surface area contributed by atoms with Gasteiger partial charge in [-0.25, -0.2) is 5.43 Å². The molecule has 1 rings (SSSR count). The van der Waals surface area contributed by atoms with Gasteiger partial charge in [-0.3, -0.25) is 4.79 Å². The zero-order chi connectivity index (χ0) is 14.3. The fraction of sp³-hybridized carbons (Fsp3) is 0.429. The van der Waals surface area contributed by atoms with Crippen LogP contribution in [0.1, 0.15) is 33.6 Å². The molecule has 1 aromatic rings. The highest BCUT2D eigenvalue weighted by molar-refractivity contribution is 8.00. The molecule has 19 heavy (non-hydrogen) atoms. The van der Waals surface area contributed by atoms with Crippen LogP contribution < -0.4 is 5.43 Å². The van der Waals surface area contributed by atoms with Gasteiger partial charge in [0.05, 0.1) is 5.25 Å². The predicted octanol–water partition coefficient (Wildman–Crippen LogP) is 4.11. The maximum absolute atomic E-state index is 11.9. The molecule has 1 N–H and O–H groups in total. The van der Waals surface area contributed by atoms with E-state index in [0.717, 1.165) is 23.4 Å². The van der Waals surface area contributed by atoms with E-state index in [1.807, 2.05) is 45.0 Å². The predicted molar refractivity (Wildman–Crippen MR) is 82.9 cm³/mol. The molecule has 0 aliphatic carbocycles. The third kappa shape index (κ3) is 5.66. The molecule has 0 saturated carbocycles. The second kappa shape index (κ2) is 8.23. The van der Waals surface area contributed by atoms with Gasteiger partial charge in [0.15, 0.2) is 0 Å². The van der Waals surface area contributed by atoms with E-state index < -0.39 is 0 Å². The van der Waals surface area contributed by atoms with Gasteiger partial charge in [0.25, 0.3) is 5.91 Å². The Hall–Kier alpha value is -1.00. The number of hydrogen-bond acceptors (Lipinski definition) is 3. The van der Waals surface area contributed by atoms with Crippen LogP contribution in [-0.4, -0.2) is 16.9 Å². The number of carbonyl (C=O) groups excluding carboxylic acids is 1. The van der Waals surface area contributed by atoms with Crippen LogP contribution in [0.2, 0.25) is 5.02 Å². The van der Waals surface area contributed by atoms with E-state index >= 15 is 0 Å². The number of benzene rings is 1. The molecule has 1 unspecified atom stereocenters. The van der Waals surface area contributed by atoms with Crippen molar-refractivity contribution >= 4 is 35.0 Å². The summed E-state index contributed by atoms with van der Waals surface area (Å²) < 4.78 is 0. The van der Waals surface area contributed by atoms with Crippen LogP contribution in [0.25, 0.3) is 0 Å². The van der Waals surface area contributed by atoms with Crippen molar-refractivity contribution in [1.82, 2.24) is 5.43 Å². The summed E-state index contributed by atoms with van der Waals surface area (Å²) in [4.78, 5) is 12.9. The molecule has 1 atom stereocenters. The molecule has 0 aromatic heterocycles.